The molecule has 0 saturated carbocycles. The van der Waals surface area contributed by atoms with Crippen molar-refractivity contribution in [2.45, 2.75) is 12.3 Å². The number of benzene rings is 2. The number of anilines is 1. The van der Waals surface area contributed by atoms with Gasteiger partial charge in [-0.3, -0.25) is 4.79 Å². The van der Waals surface area contributed by atoms with Gasteiger partial charge in [-0.15, -0.1) is 0 Å². The lowest BCUT2D eigenvalue weighted by Gasteiger charge is -2.26. The first kappa shape index (κ1) is 14.4. The second-order valence-electron chi connectivity index (χ2n) is 4.75. The highest BCUT2D eigenvalue weighted by molar-refractivity contribution is 5.98. The third-order valence-corrected chi connectivity index (χ3v) is 3.22. The zero-order valence-corrected chi connectivity index (χ0v) is 10.9. The summed E-state index contributed by atoms with van der Waals surface area (Å²) in [6, 6.07) is 7.75. The lowest BCUT2D eigenvalue weighted by Crippen LogP contribution is -2.30. The highest BCUT2D eigenvalue weighted by Crippen LogP contribution is 2.36. The largest absolute Gasteiger partial charge is 0.474 e. The number of nitrogens with one attached hydrogen (secondary N) is 1. The molecule has 2 aromatic carbocycles. The summed E-state index contributed by atoms with van der Waals surface area (Å²) in [5, 5.41) is 2.47. The summed E-state index contributed by atoms with van der Waals surface area (Å²) >= 11 is 0. The molecule has 114 valence electrons. The number of rotatable bonds is 1. The fraction of sp³-hybridized carbons (Fsp3) is 0.133. The van der Waals surface area contributed by atoms with Crippen LogP contribution in [0.15, 0.2) is 42.5 Å². The van der Waals surface area contributed by atoms with Gasteiger partial charge in [-0.1, -0.05) is 12.1 Å². The fourth-order valence-electron chi connectivity index (χ4n) is 2.15. The summed E-state index contributed by atoms with van der Waals surface area (Å²) in [4.78, 5) is 12.0. The molecule has 2 aromatic rings. The number of ether oxygens (including phenoxy) is 1. The normalized spacial score (nSPS) is 17.5. The highest BCUT2D eigenvalue weighted by atomic mass is 19.4. The summed E-state index contributed by atoms with van der Waals surface area (Å²) in [7, 11) is 0. The number of carbonyl (C=O) groups is 1. The van der Waals surface area contributed by atoms with E-state index in [9.17, 15) is 22.4 Å². The van der Waals surface area contributed by atoms with E-state index < -0.39 is 29.6 Å². The number of amides is 1. The minimum absolute atomic E-state index is 0.188. The van der Waals surface area contributed by atoms with E-state index >= 15 is 0 Å². The van der Waals surface area contributed by atoms with Gasteiger partial charge in [0.2, 0.25) is 6.10 Å². The van der Waals surface area contributed by atoms with E-state index in [1.807, 2.05) is 0 Å². The first-order valence-electron chi connectivity index (χ1n) is 6.29. The van der Waals surface area contributed by atoms with E-state index in [0.29, 0.717) is 0 Å². The number of hydrogen-bond acceptors (Lipinski definition) is 2. The molecule has 1 aliphatic rings. The molecule has 1 atom stereocenters. The summed E-state index contributed by atoms with van der Waals surface area (Å²) in [5.41, 5.74) is -0.344. The zero-order valence-electron chi connectivity index (χ0n) is 10.9. The number of hydrogen-bond donors (Lipinski definition) is 1. The Kier molecular flexibility index (Phi) is 3.27. The quantitative estimate of drug-likeness (QED) is 0.811. The Morgan fingerprint density at radius 1 is 1.05 bits per heavy atom. The maximum Gasteiger partial charge on any atom is 0.416 e. The first-order chi connectivity index (χ1) is 10.3. The van der Waals surface area contributed by atoms with Crippen molar-refractivity contribution in [3.8, 4) is 5.75 Å². The Balaban J connectivity index is 1.89. The average molecular weight is 311 g/mol. The maximum atomic E-state index is 13.1. The predicted molar refractivity (Wildman–Crippen MR) is 69.8 cm³/mol. The summed E-state index contributed by atoms with van der Waals surface area (Å²) in [5.74, 6) is -0.848. The maximum absolute atomic E-state index is 13.1. The number of halogens is 4. The SMILES string of the molecule is O=C1Nc2cc(F)ccc2O[C@@H]1c1ccc(C(F)(F)F)cc1. The smallest absolute Gasteiger partial charge is 0.416 e. The Morgan fingerprint density at radius 2 is 1.73 bits per heavy atom. The molecule has 3 nitrogen and oxygen atoms in total. The third kappa shape index (κ3) is 2.61. The molecule has 0 fully saturated rings. The van der Waals surface area contributed by atoms with Gasteiger partial charge in [-0.05, 0) is 24.3 Å². The standard InChI is InChI=1S/C15H9F4NO2/c16-10-5-6-12-11(7-10)20-14(21)13(22-12)8-1-3-9(4-2-8)15(17,18)19/h1-7,13H,(H,20,21)/t13-/m1/s1. The predicted octanol–water partition coefficient (Wildman–Crippen LogP) is 3.92. The molecule has 7 heteroatoms. The lowest BCUT2D eigenvalue weighted by molar-refractivity contribution is -0.137. The molecule has 1 N–H and O–H groups in total. The topological polar surface area (TPSA) is 38.3 Å². The molecule has 1 amide bonds. The van der Waals surface area contributed by atoms with Crippen LogP contribution < -0.4 is 10.1 Å². The van der Waals surface area contributed by atoms with E-state index in [1.165, 1.54) is 24.3 Å². The van der Waals surface area contributed by atoms with E-state index in [0.717, 1.165) is 18.2 Å². The van der Waals surface area contributed by atoms with Crippen LogP contribution in [0.2, 0.25) is 0 Å². The Bertz CT molecular complexity index is 725. The zero-order chi connectivity index (χ0) is 15.9. The van der Waals surface area contributed by atoms with Gasteiger partial charge in [0, 0.05) is 11.6 Å². The van der Waals surface area contributed by atoms with Gasteiger partial charge in [0.25, 0.3) is 5.91 Å². The second kappa shape index (κ2) is 5.01. The molecule has 22 heavy (non-hydrogen) atoms. The van der Waals surface area contributed by atoms with Crippen LogP contribution in [0.3, 0.4) is 0 Å². The van der Waals surface area contributed by atoms with Gasteiger partial charge >= 0.3 is 6.18 Å². The van der Waals surface area contributed by atoms with Crippen molar-refractivity contribution in [2.24, 2.45) is 0 Å². The molecule has 0 spiro atoms. The van der Waals surface area contributed by atoms with Crippen molar-refractivity contribution >= 4 is 11.6 Å². The van der Waals surface area contributed by atoms with Crippen molar-refractivity contribution in [1.82, 2.24) is 0 Å². The van der Waals surface area contributed by atoms with Gasteiger partial charge in [-0.2, -0.15) is 13.2 Å². The van der Waals surface area contributed by atoms with E-state index in [2.05, 4.69) is 5.32 Å². The summed E-state index contributed by atoms with van der Waals surface area (Å²) in [6.07, 6.45) is -5.53. The van der Waals surface area contributed by atoms with Crippen LogP contribution in [0.25, 0.3) is 0 Å². The van der Waals surface area contributed by atoms with Gasteiger partial charge in [0.1, 0.15) is 11.6 Å². The minimum Gasteiger partial charge on any atom is -0.474 e. The third-order valence-electron chi connectivity index (χ3n) is 3.22. The molecule has 0 saturated heterocycles. The van der Waals surface area contributed by atoms with Gasteiger partial charge in [0.15, 0.2) is 0 Å². The highest BCUT2D eigenvalue weighted by Gasteiger charge is 2.32. The van der Waals surface area contributed by atoms with Crippen LogP contribution >= 0.6 is 0 Å². The van der Waals surface area contributed by atoms with E-state index in [1.54, 1.807) is 0 Å². The van der Waals surface area contributed by atoms with Crippen molar-refractivity contribution in [1.29, 1.82) is 0 Å². The molecule has 3 rings (SSSR count). The Labute approximate surface area is 122 Å². The minimum atomic E-state index is -4.45. The summed E-state index contributed by atoms with van der Waals surface area (Å²) < 4.78 is 56.1. The van der Waals surface area contributed by atoms with Gasteiger partial charge in [-0.25, -0.2) is 4.39 Å². The van der Waals surface area contributed by atoms with Crippen LogP contribution in [0.1, 0.15) is 17.2 Å². The monoisotopic (exact) mass is 311 g/mol. The van der Waals surface area contributed by atoms with Crippen LogP contribution in [0.5, 0.6) is 5.75 Å². The molecule has 0 aliphatic carbocycles. The van der Waals surface area contributed by atoms with Crippen LogP contribution in [0, 0.1) is 5.82 Å². The van der Waals surface area contributed by atoms with Crippen molar-refractivity contribution in [2.75, 3.05) is 5.32 Å². The number of fused-ring (bicyclic) bond motifs is 1. The Morgan fingerprint density at radius 3 is 2.36 bits per heavy atom. The molecule has 1 heterocycles. The Hall–Kier alpha value is -2.57. The van der Waals surface area contributed by atoms with Crippen molar-refractivity contribution in [3.63, 3.8) is 0 Å². The lowest BCUT2D eigenvalue weighted by atomic mass is 10.0. The van der Waals surface area contributed by atoms with Gasteiger partial charge < -0.3 is 10.1 Å². The summed E-state index contributed by atoms with van der Waals surface area (Å²) in [6.45, 7) is 0. The number of alkyl halides is 3. The second-order valence-corrected chi connectivity index (χ2v) is 4.75. The molecule has 0 radical (unpaired) electrons. The fourth-order valence-corrected chi connectivity index (χ4v) is 2.15. The molecule has 1 aliphatic heterocycles. The van der Waals surface area contributed by atoms with Crippen LogP contribution in [-0.2, 0) is 11.0 Å². The average Bonchev–Trinajstić information content (AvgIpc) is 2.45. The van der Waals surface area contributed by atoms with Crippen molar-refractivity contribution < 1.29 is 27.1 Å². The molecule has 0 unspecified atom stereocenters. The molecule has 0 aromatic heterocycles. The van der Waals surface area contributed by atoms with E-state index in [-0.39, 0.29) is 17.0 Å². The van der Waals surface area contributed by atoms with Crippen LogP contribution in [-0.4, -0.2) is 5.91 Å². The van der Waals surface area contributed by atoms with Crippen LogP contribution in [0.4, 0.5) is 23.2 Å². The molecular formula is C15H9F4NO2. The first-order valence-corrected chi connectivity index (χ1v) is 6.29. The van der Waals surface area contributed by atoms with Gasteiger partial charge in [0.05, 0.1) is 11.3 Å². The van der Waals surface area contributed by atoms with E-state index in [4.69, 9.17) is 4.74 Å². The molecular weight excluding hydrogens is 302 g/mol. The molecule has 0 bridgehead atoms. The van der Waals surface area contributed by atoms with Crippen molar-refractivity contribution in [3.05, 3.63) is 59.4 Å². The number of carbonyl (C=O) groups excluding carboxylic acids is 1.